The minimum Gasteiger partial charge on any atom is -0.352 e. The van der Waals surface area contributed by atoms with Crippen molar-refractivity contribution in [3.8, 4) is 0 Å². The van der Waals surface area contributed by atoms with Gasteiger partial charge >= 0.3 is 0 Å². The number of hydrogen-bond donors (Lipinski definition) is 1. The molecule has 0 saturated carbocycles. The zero-order chi connectivity index (χ0) is 16.7. The maximum absolute atomic E-state index is 12.0. The number of nitrogens with one attached hydrogen (secondary N) is 1. The van der Waals surface area contributed by atoms with E-state index in [0.717, 1.165) is 23.9 Å². The highest BCUT2D eigenvalue weighted by Crippen LogP contribution is 2.23. The molecule has 0 aliphatic heterocycles. The molecular weight excluding hydrogens is 308 g/mol. The number of carbonyl (C=O) groups is 1. The van der Waals surface area contributed by atoms with Crippen molar-refractivity contribution in [1.29, 1.82) is 0 Å². The quantitative estimate of drug-likeness (QED) is 0.597. The van der Waals surface area contributed by atoms with Gasteiger partial charge < -0.3 is 9.88 Å². The lowest BCUT2D eigenvalue weighted by molar-refractivity contribution is -0.120. The van der Waals surface area contributed by atoms with Crippen LogP contribution in [0.1, 0.15) is 25.2 Å². The van der Waals surface area contributed by atoms with E-state index in [2.05, 4.69) is 45.7 Å². The van der Waals surface area contributed by atoms with E-state index in [4.69, 9.17) is 0 Å². The molecule has 6 heteroatoms. The molecule has 1 aromatic heterocycles. The van der Waals surface area contributed by atoms with Gasteiger partial charge in [-0.25, -0.2) is 0 Å². The van der Waals surface area contributed by atoms with Crippen LogP contribution in [0.5, 0.6) is 0 Å². The van der Waals surface area contributed by atoms with Gasteiger partial charge in [0.15, 0.2) is 5.16 Å². The van der Waals surface area contributed by atoms with E-state index in [1.54, 1.807) is 6.08 Å². The van der Waals surface area contributed by atoms with Crippen LogP contribution in [0.15, 0.2) is 48.1 Å². The van der Waals surface area contributed by atoms with Gasteiger partial charge in [-0.3, -0.25) is 4.79 Å². The third kappa shape index (κ3) is 4.69. The lowest BCUT2D eigenvalue weighted by Gasteiger charge is -2.12. The van der Waals surface area contributed by atoms with Crippen LogP contribution in [0.25, 0.3) is 0 Å². The molecule has 2 rings (SSSR count). The van der Waals surface area contributed by atoms with Gasteiger partial charge in [0, 0.05) is 19.5 Å². The van der Waals surface area contributed by atoms with Crippen LogP contribution in [0.2, 0.25) is 0 Å². The second kappa shape index (κ2) is 8.53. The first-order valence-electron chi connectivity index (χ1n) is 7.67. The summed E-state index contributed by atoms with van der Waals surface area (Å²) in [5.74, 6) is 0.894. The minimum atomic E-state index is -0.228. The second-order valence-electron chi connectivity index (χ2n) is 5.10. The smallest absolute Gasteiger partial charge is 0.233 e. The Balaban J connectivity index is 2.08. The molecular formula is C17H22N4OS. The third-order valence-corrected chi connectivity index (χ3v) is 4.47. The molecule has 0 aliphatic rings. The molecule has 0 fully saturated rings. The zero-order valence-electron chi connectivity index (χ0n) is 13.5. The Morgan fingerprint density at radius 3 is 2.78 bits per heavy atom. The van der Waals surface area contributed by atoms with Gasteiger partial charge in [-0.1, -0.05) is 48.2 Å². The molecule has 0 bridgehead atoms. The monoisotopic (exact) mass is 330 g/mol. The maximum atomic E-state index is 12.0. The van der Waals surface area contributed by atoms with Crippen LogP contribution in [0, 0.1) is 0 Å². The average Bonchev–Trinajstić information content (AvgIpc) is 2.94. The number of nitrogens with zero attached hydrogens (tertiary/aromatic N) is 3. The van der Waals surface area contributed by atoms with E-state index < -0.39 is 0 Å². The number of rotatable bonds is 8. The number of amides is 1. The highest BCUT2D eigenvalue weighted by Gasteiger charge is 2.19. The Labute approximate surface area is 141 Å². The lowest BCUT2D eigenvalue weighted by atomic mass is 10.1. The van der Waals surface area contributed by atoms with Crippen LogP contribution in [0.3, 0.4) is 0 Å². The van der Waals surface area contributed by atoms with Gasteiger partial charge in [0.2, 0.25) is 5.91 Å². The summed E-state index contributed by atoms with van der Waals surface area (Å²) in [5.41, 5.74) is 1.20. The molecule has 0 saturated heterocycles. The fourth-order valence-corrected chi connectivity index (χ4v) is 3.12. The number of benzene rings is 1. The largest absolute Gasteiger partial charge is 0.352 e. The van der Waals surface area contributed by atoms with Crippen molar-refractivity contribution in [1.82, 2.24) is 20.1 Å². The van der Waals surface area contributed by atoms with Crippen molar-refractivity contribution in [2.75, 3.05) is 6.54 Å². The standard InChI is InChI=1S/C17H22N4OS/c1-4-11-18-16(22)13(3)23-17-20-19-15(21(17)5-2)12-14-9-7-6-8-10-14/h4,6-10,13H,1,5,11-12H2,2-3H3,(H,18,22)/t13-/m0/s1. The van der Waals surface area contributed by atoms with Crippen molar-refractivity contribution in [2.24, 2.45) is 0 Å². The van der Waals surface area contributed by atoms with Crippen LogP contribution in [0.4, 0.5) is 0 Å². The minimum absolute atomic E-state index is 0.0230. The molecule has 0 unspecified atom stereocenters. The molecule has 0 radical (unpaired) electrons. The van der Waals surface area contributed by atoms with Crippen LogP contribution in [-0.2, 0) is 17.8 Å². The number of thioether (sulfide) groups is 1. The molecule has 0 spiro atoms. The van der Waals surface area contributed by atoms with Gasteiger partial charge in [0.1, 0.15) is 5.82 Å². The van der Waals surface area contributed by atoms with E-state index in [-0.39, 0.29) is 11.2 Å². The summed E-state index contributed by atoms with van der Waals surface area (Å²) >= 11 is 1.43. The summed E-state index contributed by atoms with van der Waals surface area (Å²) in [7, 11) is 0. The molecule has 1 N–H and O–H groups in total. The van der Waals surface area contributed by atoms with Gasteiger partial charge in [-0.15, -0.1) is 16.8 Å². The Bertz CT molecular complexity index is 654. The SMILES string of the molecule is C=CCNC(=O)[C@H](C)Sc1nnc(Cc2ccccc2)n1CC. The molecule has 23 heavy (non-hydrogen) atoms. The predicted octanol–water partition coefficient (Wildman–Crippen LogP) is 2.67. The van der Waals surface area contributed by atoms with Gasteiger partial charge in [0.25, 0.3) is 0 Å². The van der Waals surface area contributed by atoms with Crippen LogP contribution >= 0.6 is 11.8 Å². The fraction of sp³-hybridized carbons (Fsp3) is 0.353. The summed E-state index contributed by atoms with van der Waals surface area (Å²) < 4.78 is 2.06. The van der Waals surface area contributed by atoms with Crippen molar-refractivity contribution >= 4 is 17.7 Å². The normalized spacial score (nSPS) is 11.9. The molecule has 1 amide bonds. The molecule has 2 aromatic rings. The maximum Gasteiger partial charge on any atom is 0.233 e. The summed E-state index contributed by atoms with van der Waals surface area (Å²) in [5, 5.41) is 11.9. The topological polar surface area (TPSA) is 59.8 Å². The third-order valence-electron chi connectivity index (χ3n) is 3.39. The van der Waals surface area contributed by atoms with Crippen molar-refractivity contribution in [2.45, 2.75) is 37.2 Å². The Kier molecular flexibility index (Phi) is 6.40. The van der Waals surface area contributed by atoms with Crippen LogP contribution < -0.4 is 5.32 Å². The van der Waals surface area contributed by atoms with Crippen molar-refractivity contribution in [3.05, 3.63) is 54.4 Å². The Morgan fingerprint density at radius 1 is 1.39 bits per heavy atom. The van der Waals surface area contributed by atoms with Crippen LogP contribution in [-0.4, -0.2) is 32.5 Å². The number of hydrogen-bond acceptors (Lipinski definition) is 4. The number of aromatic nitrogens is 3. The average molecular weight is 330 g/mol. The summed E-state index contributed by atoms with van der Waals surface area (Å²) in [4.78, 5) is 12.0. The number of carbonyl (C=O) groups excluding carboxylic acids is 1. The molecule has 1 aromatic carbocycles. The van der Waals surface area contributed by atoms with Crippen molar-refractivity contribution in [3.63, 3.8) is 0 Å². The van der Waals surface area contributed by atoms with E-state index in [1.165, 1.54) is 17.3 Å². The van der Waals surface area contributed by atoms with Gasteiger partial charge in [-0.2, -0.15) is 0 Å². The Hall–Kier alpha value is -2.08. The first kappa shape index (κ1) is 17.3. The molecule has 0 aliphatic carbocycles. The first-order chi connectivity index (χ1) is 11.2. The van der Waals surface area contributed by atoms with E-state index in [9.17, 15) is 4.79 Å². The summed E-state index contributed by atoms with van der Waals surface area (Å²) in [6, 6.07) is 10.2. The molecule has 122 valence electrons. The van der Waals surface area contributed by atoms with E-state index >= 15 is 0 Å². The lowest BCUT2D eigenvalue weighted by Crippen LogP contribution is -2.31. The summed E-state index contributed by atoms with van der Waals surface area (Å²) in [6.07, 6.45) is 2.40. The van der Waals surface area contributed by atoms with Crippen molar-refractivity contribution < 1.29 is 4.79 Å². The summed E-state index contributed by atoms with van der Waals surface area (Å²) in [6.45, 7) is 8.78. The second-order valence-corrected chi connectivity index (χ2v) is 6.41. The highest BCUT2D eigenvalue weighted by atomic mass is 32.2. The van der Waals surface area contributed by atoms with Gasteiger partial charge in [-0.05, 0) is 19.4 Å². The first-order valence-corrected chi connectivity index (χ1v) is 8.55. The highest BCUT2D eigenvalue weighted by molar-refractivity contribution is 8.00. The zero-order valence-corrected chi connectivity index (χ0v) is 14.3. The van der Waals surface area contributed by atoms with E-state index in [1.807, 2.05) is 25.1 Å². The van der Waals surface area contributed by atoms with Gasteiger partial charge in [0.05, 0.1) is 5.25 Å². The Morgan fingerprint density at radius 2 is 2.13 bits per heavy atom. The fourth-order valence-electron chi connectivity index (χ4n) is 2.16. The molecule has 5 nitrogen and oxygen atoms in total. The molecule has 1 atom stereocenters. The van der Waals surface area contributed by atoms with E-state index in [0.29, 0.717) is 6.54 Å². The molecule has 1 heterocycles. The predicted molar refractivity (Wildman–Crippen MR) is 93.5 cm³/mol.